The van der Waals surface area contributed by atoms with E-state index in [-0.39, 0.29) is 0 Å². The SMILES string of the molecule is Cc1ccc(C)c(C(C)C(CN)CN)c1. The highest BCUT2D eigenvalue weighted by Crippen LogP contribution is 2.26. The van der Waals surface area contributed by atoms with E-state index in [4.69, 9.17) is 11.5 Å². The van der Waals surface area contributed by atoms with Crippen LogP contribution < -0.4 is 11.5 Å². The van der Waals surface area contributed by atoms with Gasteiger partial charge in [-0.15, -0.1) is 0 Å². The van der Waals surface area contributed by atoms with Crippen LogP contribution in [0.2, 0.25) is 0 Å². The minimum Gasteiger partial charge on any atom is -0.330 e. The maximum atomic E-state index is 5.73. The second-order valence-electron chi connectivity index (χ2n) is 4.38. The summed E-state index contributed by atoms with van der Waals surface area (Å²) in [4.78, 5) is 0. The molecule has 0 saturated carbocycles. The second-order valence-corrected chi connectivity index (χ2v) is 4.38. The third-order valence-corrected chi connectivity index (χ3v) is 3.24. The van der Waals surface area contributed by atoms with Crippen molar-refractivity contribution in [3.63, 3.8) is 0 Å². The average molecular weight is 206 g/mol. The van der Waals surface area contributed by atoms with Gasteiger partial charge in [0.2, 0.25) is 0 Å². The molecule has 0 amide bonds. The van der Waals surface area contributed by atoms with Gasteiger partial charge in [0, 0.05) is 0 Å². The van der Waals surface area contributed by atoms with E-state index in [0.717, 1.165) is 0 Å². The quantitative estimate of drug-likeness (QED) is 0.791. The van der Waals surface area contributed by atoms with Gasteiger partial charge < -0.3 is 11.5 Å². The van der Waals surface area contributed by atoms with Crippen molar-refractivity contribution in [1.82, 2.24) is 0 Å². The summed E-state index contributed by atoms with van der Waals surface area (Å²) in [6.45, 7) is 7.80. The van der Waals surface area contributed by atoms with Crippen molar-refractivity contribution in [2.45, 2.75) is 26.7 Å². The van der Waals surface area contributed by atoms with E-state index in [2.05, 4.69) is 39.0 Å². The summed E-state index contributed by atoms with van der Waals surface area (Å²) in [6, 6.07) is 6.56. The Morgan fingerprint density at radius 2 is 1.73 bits per heavy atom. The van der Waals surface area contributed by atoms with Gasteiger partial charge in [-0.3, -0.25) is 0 Å². The Balaban J connectivity index is 2.98. The topological polar surface area (TPSA) is 52.0 Å². The van der Waals surface area contributed by atoms with Crippen LogP contribution in [-0.4, -0.2) is 13.1 Å². The Hall–Kier alpha value is -0.860. The van der Waals surface area contributed by atoms with Crippen LogP contribution in [0.1, 0.15) is 29.5 Å². The molecule has 0 radical (unpaired) electrons. The molecule has 1 rings (SSSR count). The molecule has 0 saturated heterocycles. The molecule has 84 valence electrons. The van der Waals surface area contributed by atoms with Gasteiger partial charge in [0.15, 0.2) is 0 Å². The number of nitrogens with two attached hydrogens (primary N) is 2. The monoisotopic (exact) mass is 206 g/mol. The van der Waals surface area contributed by atoms with Gasteiger partial charge in [-0.05, 0) is 49.9 Å². The van der Waals surface area contributed by atoms with E-state index >= 15 is 0 Å². The molecule has 1 aromatic carbocycles. The van der Waals surface area contributed by atoms with Crippen molar-refractivity contribution in [3.05, 3.63) is 34.9 Å². The predicted octanol–water partition coefficient (Wildman–Crippen LogP) is 1.94. The van der Waals surface area contributed by atoms with E-state index in [9.17, 15) is 0 Å². The number of hydrogen-bond acceptors (Lipinski definition) is 2. The van der Waals surface area contributed by atoms with Gasteiger partial charge in [-0.2, -0.15) is 0 Å². The Kier molecular flexibility index (Phi) is 4.30. The zero-order valence-corrected chi connectivity index (χ0v) is 9.96. The molecule has 4 N–H and O–H groups in total. The second kappa shape index (κ2) is 5.29. The first-order valence-corrected chi connectivity index (χ1v) is 5.57. The molecule has 1 atom stereocenters. The number of hydrogen-bond donors (Lipinski definition) is 2. The van der Waals surface area contributed by atoms with Crippen molar-refractivity contribution in [1.29, 1.82) is 0 Å². The first-order valence-electron chi connectivity index (χ1n) is 5.57. The molecular formula is C13H22N2. The fraction of sp³-hybridized carbons (Fsp3) is 0.538. The van der Waals surface area contributed by atoms with Crippen molar-refractivity contribution in [2.24, 2.45) is 17.4 Å². The number of aryl methyl sites for hydroxylation is 2. The summed E-state index contributed by atoms with van der Waals surface area (Å²) in [7, 11) is 0. The van der Waals surface area contributed by atoms with E-state index in [1.807, 2.05) is 0 Å². The van der Waals surface area contributed by atoms with Crippen LogP contribution >= 0.6 is 0 Å². The molecule has 0 aliphatic carbocycles. The summed E-state index contributed by atoms with van der Waals surface area (Å²) in [6.07, 6.45) is 0. The van der Waals surface area contributed by atoms with Gasteiger partial charge in [-0.25, -0.2) is 0 Å². The van der Waals surface area contributed by atoms with E-state index in [0.29, 0.717) is 24.9 Å². The third-order valence-electron chi connectivity index (χ3n) is 3.24. The van der Waals surface area contributed by atoms with Crippen LogP contribution in [0.25, 0.3) is 0 Å². The van der Waals surface area contributed by atoms with Gasteiger partial charge in [0.25, 0.3) is 0 Å². The number of benzene rings is 1. The van der Waals surface area contributed by atoms with Crippen LogP contribution in [0.5, 0.6) is 0 Å². The zero-order chi connectivity index (χ0) is 11.4. The molecular weight excluding hydrogens is 184 g/mol. The summed E-state index contributed by atoms with van der Waals surface area (Å²) in [5, 5.41) is 0. The molecule has 1 aromatic rings. The highest BCUT2D eigenvalue weighted by molar-refractivity contribution is 5.33. The molecule has 2 heteroatoms. The zero-order valence-electron chi connectivity index (χ0n) is 9.96. The van der Waals surface area contributed by atoms with E-state index in [1.165, 1.54) is 16.7 Å². The highest BCUT2D eigenvalue weighted by Gasteiger charge is 2.17. The standard InChI is InChI=1S/C13H22N2/c1-9-4-5-10(2)13(6-9)11(3)12(7-14)8-15/h4-6,11-12H,7-8,14-15H2,1-3H3. The highest BCUT2D eigenvalue weighted by atomic mass is 14.6. The van der Waals surface area contributed by atoms with Gasteiger partial charge in [0.1, 0.15) is 0 Å². The van der Waals surface area contributed by atoms with Gasteiger partial charge >= 0.3 is 0 Å². The molecule has 0 aromatic heterocycles. The summed E-state index contributed by atoms with van der Waals surface area (Å²) >= 11 is 0. The minimum atomic E-state index is 0.380. The lowest BCUT2D eigenvalue weighted by molar-refractivity contribution is 0.465. The fourth-order valence-electron chi connectivity index (χ4n) is 2.01. The molecule has 0 aliphatic heterocycles. The van der Waals surface area contributed by atoms with E-state index < -0.39 is 0 Å². The fourth-order valence-corrected chi connectivity index (χ4v) is 2.01. The van der Waals surface area contributed by atoms with Gasteiger partial charge in [-0.1, -0.05) is 30.7 Å². The maximum absolute atomic E-state index is 5.73. The molecule has 2 nitrogen and oxygen atoms in total. The normalized spacial score (nSPS) is 13.2. The first kappa shape index (κ1) is 12.2. The Morgan fingerprint density at radius 1 is 1.13 bits per heavy atom. The molecule has 0 bridgehead atoms. The van der Waals surface area contributed by atoms with Crippen LogP contribution in [0.3, 0.4) is 0 Å². The molecule has 15 heavy (non-hydrogen) atoms. The molecule has 0 fully saturated rings. The van der Waals surface area contributed by atoms with Crippen LogP contribution in [-0.2, 0) is 0 Å². The average Bonchev–Trinajstić information content (AvgIpc) is 2.23. The van der Waals surface area contributed by atoms with Crippen molar-refractivity contribution >= 4 is 0 Å². The first-order chi connectivity index (χ1) is 7.10. The maximum Gasteiger partial charge on any atom is -0.00310 e. The summed E-state index contributed by atoms with van der Waals surface area (Å²) in [5.74, 6) is 0.824. The van der Waals surface area contributed by atoms with Gasteiger partial charge in [0.05, 0.1) is 0 Å². The number of rotatable bonds is 4. The third kappa shape index (κ3) is 2.80. The van der Waals surface area contributed by atoms with Crippen molar-refractivity contribution in [2.75, 3.05) is 13.1 Å². The lowest BCUT2D eigenvalue weighted by Gasteiger charge is -2.23. The van der Waals surface area contributed by atoms with Crippen LogP contribution in [0.4, 0.5) is 0 Å². The Morgan fingerprint density at radius 3 is 2.27 bits per heavy atom. The predicted molar refractivity (Wildman–Crippen MR) is 65.9 cm³/mol. The Bertz CT molecular complexity index is 316. The Labute approximate surface area is 92.7 Å². The van der Waals surface area contributed by atoms with Crippen molar-refractivity contribution < 1.29 is 0 Å². The minimum absolute atomic E-state index is 0.380. The summed E-state index contributed by atoms with van der Waals surface area (Å²) in [5.41, 5.74) is 15.5. The largest absolute Gasteiger partial charge is 0.330 e. The van der Waals surface area contributed by atoms with Crippen molar-refractivity contribution in [3.8, 4) is 0 Å². The lowest BCUT2D eigenvalue weighted by atomic mass is 9.84. The lowest BCUT2D eigenvalue weighted by Crippen LogP contribution is -2.28. The van der Waals surface area contributed by atoms with E-state index in [1.54, 1.807) is 0 Å². The molecule has 0 spiro atoms. The molecule has 1 unspecified atom stereocenters. The van der Waals surface area contributed by atoms with Crippen LogP contribution in [0.15, 0.2) is 18.2 Å². The van der Waals surface area contributed by atoms with Crippen LogP contribution in [0, 0.1) is 19.8 Å². The molecule has 0 heterocycles. The smallest absolute Gasteiger partial charge is 0.00310 e. The summed E-state index contributed by atoms with van der Waals surface area (Å²) < 4.78 is 0. The molecule has 0 aliphatic rings.